The van der Waals surface area contributed by atoms with Gasteiger partial charge in [-0.2, -0.15) is 0 Å². The van der Waals surface area contributed by atoms with E-state index in [-0.39, 0.29) is 5.75 Å². The van der Waals surface area contributed by atoms with E-state index in [4.69, 9.17) is 5.11 Å². The minimum absolute atomic E-state index is 0.260. The average molecular weight is 149 g/mol. The molecule has 0 amide bonds. The van der Waals surface area contributed by atoms with Gasteiger partial charge in [-0.05, 0) is 19.1 Å². The second kappa shape index (κ2) is 3.10. The number of hydrogen-bond acceptors (Lipinski definition) is 2. The van der Waals surface area contributed by atoms with Crippen molar-refractivity contribution in [2.75, 3.05) is 5.32 Å². The van der Waals surface area contributed by atoms with Crippen LogP contribution in [-0.2, 0) is 0 Å². The Kier molecular flexibility index (Phi) is 2.16. The number of rotatable bonds is 2. The lowest BCUT2D eigenvalue weighted by atomic mass is 10.3. The molecule has 0 atom stereocenters. The predicted octanol–water partition coefficient (Wildman–Crippen LogP) is 2.34. The van der Waals surface area contributed by atoms with E-state index in [1.54, 1.807) is 18.2 Å². The highest BCUT2D eigenvalue weighted by Gasteiger charge is 1.91. The molecule has 0 fully saturated rings. The monoisotopic (exact) mass is 149 g/mol. The van der Waals surface area contributed by atoms with Crippen molar-refractivity contribution < 1.29 is 5.11 Å². The minimum atomic E-state index is 0.260. The van der Waals surface area contributed by atoms with Gasteiger partial charge in [-0.15, -0.1) is 0 Å². The van der Waals surface area contributed by atoms with E-state index >= 15 is 0 Å². The number of aromatic hydroxyl groups is 1. The van der Waals surface area contributed by atoms with Crippen LogP contribution >= 0.6 is 0 Å². The molecule has 0 saturated carbocycles. The number of phenolic OH excluding ortho intramolecular Hbond substituents is 1. The zero-order valence-electron chi connectivity index (χ0n) is 6.46. The molecule has 0 heterocycles. The Bertz CT molecular complexity index is 268. The molecule has 2 N–H and O–H groups in total. The molecule has 58 valence electrons. The van der Waals surface area contributed by atoms with E-state index in [0.29, 0.717) is 0 Å². The Balaban J connectivity index is 2.79. The quantitative estimate of drug-likeness (QED) is 0.676. The van der Waals surface area contributed by atoms with Crippen molar-refractivity contribution >= 4 is 5.69 Å². The second-order valence-corrected chi connectivity index (χ2v) is 2.46. The zero-order chi connectivity index (χ0) is 8.27. The summed E-state index contributed by atoms with van der Waals surface area (Å²) in [5, 5.41) is 12.0. The van der Waals surface area contributed by atoms with Crippen LogP contribution in [0, 0.1) is 0 Å². The molecule has 0 aliphatic rings. The van der Waals surface area contributed by atoms with E-state index in [1.165, 1.54) is 0 Å². The molecule has 0 saturated heterocycles. The molecule has 1 aromatic rings. The van der Waals surface area contributed by atoms with Gasteiger partial charge in [0.05, 0.1) is 0 Å². The third-order valence-corrected chi connectivity index (χ3v) is 1.20. The largest absolute Gasteiger partial charge is 0.508 e. The van der Waals surface area contributed by atoms with Gasteiger partial charge >= 0.3 is 0 Å². The minimum Gasteiger partial charge on any atom is -0.508 e. The normalized spacial score (nSPS) is 9.18. The maximum Gasteiger partial charge on any atom is 0.117 e. The highest BCUT2D eigenvalue weighted by atomic mass is 16.3. The number of allylic oxidation sites excluding steroid dienone is 1. The molecule has 0 bridgehead atoms. The van der Waals surface area contributed by atoms with Crippen molar-refractivity contribution in [1.29, 1.82) is 0 Å². The summed E-state index contributed by atoms with van der Waals surface area (Å²) in [7, 11) is 0. The molecule has 0 radical (unpaired) electrons. The van der Waals surface area contributed by atoms with Crippen LogP contribution in [0.3, 0.4) is 0 Å². The van der Waals surface area contributed by atoms with Crippen LogP contribution < -0.4 is 5.32 Å². The van der Waals surface area contributed by atoms with Gasteiger partial charge in [-0.3, -0.25) is 0 Å². The first-order valence-electron chi connectivity index (χ1n) is 3.40. The topological polar surface area (TPSA) is 32.3 Å². The van der Waals surface area contributed by atoms with Crippen LogP contribution in [0.25, 0.3) is 0 Å². The molecule has 0 aliphatic carbocycles. The molecular weight excluding hydrogens is 138 g/mol. The highest BCUT2D eigenvalue weighted by Crippen LogP contribution is 2.16. The molecule has 0 spiro atoms. The summed E-state index contributed by atoms with van der Waals surface area (Å²) in [6, 6.07) is 6.92. The Morgan fingerprint density at radius 1 is 1.55 bits per heavy atom. The fourth-order valence-electron chi connectivity index (χ4n) is 0.830. The molecule has 1 aromatic carbocycles. The first-order valence-corrected chi connectivity index (χ1v) is 3.40. The van der Waals surface area contributed by atoms with Gasteiger partial charge in [-0.25, -0.2) is 0 Å². The van der Waals surface area contributed by atoms with E-state index in [0.717, 1.165) is 11.4 Å². The summed E-state index contributed by atoms with van der Waals surface area (Å²) >= 11 is 0. The van der Waals surface area contributed by atoms with Gasteiger partial charge in [0.15, 0.2) is 0 Å². The number of anilines is 1. The maximum absolute atomic E-state index is 9.06. The maximum atomic E-state index is 9.06. The Hall–Kier alpha value is -1.44. The summed E-state index contributed by atoms with van der Waals surface area (Å²) < 4.78 is 0. The number of nitrogens with one attached hydrogen (secondary N) is 1. The molecule has 2 nitrogen and oxygen atoms in total. The summed E-state index contributed by atoms with van der Waals surface area (Å²) in [6.45, 7) is 5.55. The summed E-state index contributed by atoms with van der Waals surface area (Å²) in [5.41, 5.74) is 1.72. The van der Waals surface area contributed by atoms with Crippen LogP contribution in [0.2, 0.25) is 0 Å². The highest BCUT2D eigenvalue weighted by molar-refractivity contribution is 5.50. The molecular formula is C9H11NO. The van der Waals surface area contributed by atoms with Crippen LogP contribution in [0.15, 0.2) is 36.5 Å². The molecule has 1 rings (SSSR count). The standard InChI is InChI=1S/C9H11NO/c1-7(2)10-8-4-3-5-9(11)6-8/h3-6,10-11H,1H2,2H3. The van der Waals surface area contributed by atoms with Gasteiger partial charge in [0.2, 0.25) is 0 Å². The lowest BCUT2D eigenvalue weighted by Gasteiger charge is -2.03. The van der Waals surface area contributed by atoms with E-state index in [2.05, 4.69) is 11.9 Å². The van der Waals surface area contributed by atoms with Crippen LogP contribution in [0.4, 0.5) is 5.69 Å². The Labute approximate surface area is 66.2 Å². The Morgan fingerprint density at radius 3 is 2.82 bits per heavy atom. The third-order valence-electron chi connectivity index (χ3n) is 1.20. The summed E-state index contributed by atoms with van der Waals surface area (Å²) in [5.74, 6) is 0.260. The molecule has 2 heteroatoms. The SMILES string of the molecule is C=C(C)Nc1cccc(O)c1. The number of hydrogen-bond donors (Lipinski definition) is 2. The average Bonchev–Trinajstić information content (AvgIpc) is 1.85. The van der Waals surface area contributed by atoms with E-state index in [1.807, 2.05) is 13.0 Å². The molecule has 0 unspecified atom stereocenters. The van der Waals surface area contributed by atoms with E-state index in [9.17, 15) is 0 Å². The lowest BCUT2D eigenvalue weighted by molar-refractivity contribution is 0.475. The van der Waals surface area contributed by atoms with Crippen molar-refractivity contribution in [3.63, 3.8) is 0 Å². The lowest BCUT2D eigenvalue weighted by Crippen LogP contribution is -1.92. The van der Waals surface area contributed by atoms with Crippen molar-refractivity contribution in [3.8, 4) is 5.75 Å². The fraction of sp³-hybridized carbons (Fsp3) is 0.111. The van der Waals surface area contributed by atoms with Crippen molar-refractivity contribution in [2.24, 2.45) is 0 Å². The van der Waals surface area contributed by atoms with Gasteiger partial charge in [0.25, 0.3) is 0 Å². The molecule has 0 aliphatic heterocycles. The van der Waals surface area contributed by atoms with Crippen molar-refractivity contribution in [1.82, 2.24) is 0 Å². The van der Waals surface area contributed by atoms with Gasteiger partial charge in [-0.1, -0.05) is 12.6 Å². The predicted molar refractivity (Wildman–Crippen MR) is 46.5 cm³/mol. The Morgan fingerprint density at radius 2 is 2.27 bits per heavy atom. The zero-order valence-corrected chi connectivity index (χ0v) is 6.46. The first kappa shape index (κ1) is 7.66. The van der Waals surface area contributed by atoms with Crippen LogP contribution in [-0.4, -0.2) is 5.11 Å². The summed E-state index contributed by atoms with van der Waals surface area (Å²) in [6.07, 6.45) is 0. The smallest absolute Gasteiger partial charge is 0.117 e. The third kappa shape index (κ3) is 2.34. The van der Waals surface area contributed by atoms with Crippen molar-refractivity contribution in [3.05, 3.63) is 36.5 Å². The first-order chi connectivity index (χ1) is 5.18. The molecule has 11 heavy (non-hydrogen) atoms. The van der Waals surface area contributed by atoms with Crippen LogP contribution in [0.1, 0.15) is 6.92 Å². The van der Waals surface area contributed by atoms with Gasteiger partial charge in [0, 0.05) is 17.5 Å². The van der Waals surface area contributed by atoms with Crippen LogP contribution in [0.5, 0.6) is 5.75 Å². The van der Waals surface area contributed by atoms with Crippen molar-refractivity contribution in [2.45, 2.75) is 6.92 Å². The number of benzene rings is 1. The van der Waals surface area contributed by atoms with Gasteiger partial charge < -0.3 is 10.4 Å². The second-order valence-electron chi connectivity index (χ2n) is 2.46. The van der Waals surface area contributed by atoms with Gasteiger partial charge in [0.1, 0.15) is 5.75 Å². The summed E-state index contributed by atoms with van der Waals surface area (Å²) in [4.78, 5) is 0. The van der Waals surface area contributed by atoms with E-state index < -0.39 is 0 Å². The fourth-order valence-corrected chi connectivity index (χ4v) is 0.830. The number of phenols is 1. The molecule has 0 aromatic heterocycles.